The Balaban J connectivity index is 0.00000124. The molecule has 30 heavy (non-hydrogen) atoms. The highest BCUT2D eigenvalue weighted by atomic mass is 35.5. The van der Waals surface area contributed by atoms with E-state index >= 15 is 0 Å². The largest absolute Gasteiger partial charge is 0.400 e. The van der Waals surface area contributed by atoms with Crippen LogP contribution >= 0.6 is 23.2 Å². The lowest BCUT2D eigenvalue weighted by Gasteiger charge is -2.34. The molecule has 7 nitrogen and oxygen atoms in total. The number of fused-ring (bicyclic) bond motifs is 1. The molecule has 1 saturated heterocycles. The molecule has 1 N–H and O–H groups in total. The van der Waals surface area contributed by atoms with Crippen molar-refractivity contribution >= 4 is 46.5 Å². The van der Waals surface area contributed by atoms with Crippen molar-refractivity contribution in [2.75, 3.05) is 25.1 Å². The Morgan fingerprint density at radius 2 is 2.03 bits per heavy atom. The number of aliphatic hydroxyl groups is 1. The second-order valence-electron chi connectivity index (χ2n) is 6.45. The van der Waals surface area contributed by atoms with Gasteiger partial charge in [0.25, 0.3) is 0 Å². The van der Waals surface area contributed by atoms with E-state index in [2.05, 4.69) is 32.6 Å². The first-order valence-corrected chi connectivity index (χ1v) is 9.93. The summed E-state index contributed by atoms with van der Waals surface area (Å²) in [4.78, 5) is 11.1. The quantitative estimate of drug-likeness (QED) is 0.774. The van der Waals surface area contributed by atoms with Crippen LogP contribution < -0.4 is 4.90 Å². The minimum Gasteiger partial charge on any atom is -0.400 e. The number of aliphatic imine (C=N–C) groups is 1. The summed E-state index contributed by atoms with van der Waals surface area (Å²) in [5, 5.41) is 21.6. The Hall–Kier alpha value is -2.92. The van der Waals surface area contributed by atoms with Crippen LogP contribution in [0.5, 0.6) is 0 Å². The molecule has 154 valence electrons. The van der Waals surface area contributed by atoms with Gasteiger partial charge < -0.3 is 10.0 Å². The summed E-state index contributed by atoms with van der Waals surface area (Å²) < 4.78 is 1.67. The number of halogens is 2. The van der Waals surface area contributed by atoms with Crippen LogP contribution in [-0.4, -0.2) is 45.6 Å². The minimum atomic E-state index is 0.155. The minimum absolute atomic E-state index is 0.155. The highest BCUT2D eigenvalue weighted by molar-refractivity contribution is 6.35. The van der Waals surface area contributed by atoms with E-state index in [0.717, 1.165) is 49.3 Å². The average Bonchev–Trinajstić information content (AvgIpc) is 3.01. The maximum Gasteiger partial charge on any atom is 0.177 e. The Morgan fingerprint density at radius 1 is 1.30 bits per heavy atom. The molecular formula is C21H20Cl2N6O. The van der Waals surface area contributed by atoms with E-state index in [1.807, 2.05) is 25.2 Å². The zero-order chi connectivity index (χ0) is 21.8. The van der Waals surface area contributed by atoms with Crippen molar-refractivity contribution in [2.24, 2.45) is 4.99 Å². The third-order valence-corrected chi connectivity index (χ3v) is 5.21. The molecule has 9 heteroatoms. The normalized spacial score (nSPS) is 18.0. The molecule has 1 fully saturated rings. The lowest BCUT2D eigenvalue weighted by molar-refractivity contribution is 0.399. The molecule has 0 aromatic carbocycles. The van der Waals surface area contributed by atoms with E-state index in [9.17, 15) is 5.26 Å². The molecule has 2 aromatic heterocycles. The summed E-state index contributed by atoms with van der Waals surface area (Å²) >= 11 is 12.3. The maximum atomic E-state index is 9.44. The number of rotatable bonds is 3. The smallest absolute Gasteiger partial charge is 0.177 e. The summed E-state index contributed by atoms with van der Waals surface area (Å²) in [6, 6.07) is 2.10. The van der Waals surface area contributed by atoms with Crippen molar-refractivity contribution in [3.05, 3.63) is 63.6 Å². The maximum absolute atomic E-state index is 9.44. The van der Waals surface area contributed by atoms with Crippen LogP contribution in [0.1, 0.15) is 23.2 Å². The van der Waals surface area contributed by atoms with Crippen LogP contribution in [0.3, 0.4) is 0 Å². The van der Waals surface area contributed by atoms with Gasteiger partial charge in [-0.15, -0.1) is 0 Å². The highest BCUT2D eigenvalue weighted by Gasteiger charge is 2.26. The molecule has 0 amide bonds. The van der Waals surface area contributed by atoms with Gasteiger partial charge in [0.05, 0.1) is 11.4 Å². The van der Waals surface area contributed by atoms with Gasteiger partial charge in [-0.05, 0) is 31.6 Å². The zero-order valence-electron chi connectivity index (χ0n) is 16.6. The van der Waals surface area contributed by atoms with Gasteiger partial charge >= 0.3 is 0 Å². The molecule has 0 saturated carbocycles. The number of aryl methyl sites for hydroxylation is 1. The topological polar surface area (TPSA) is 89.8 Å². The van der Waals surface area contributed by atoms with Gasteiger partial charge in [-0.2, -0.15) is 14.9 Å². The van der Waals surface area contributed by atoms with Gasteiger partial charge in [-0.3, -0.25) is 4.99 Å². The van der Waals surface area contributed by atoms with Crippen LogP contribution in [-0.2, 0) is 0 Å². The van der Waals surface area contributed by atoms with Crippen molar-refractivity contribution in [2.45, 2.75) is 13.3 Å². The standard InChI is InChI=1S/C20H16Cl2N6.CH4O/c1-3-24-17-10-14(21)6-5-13(17)9-15-12(2)25-19-16(11-23)18(22)26-28(19)20(15)27-7-4-8-27;1-2/h3,5-6,9-10H,1,4,7-8H2,2H3;2H,1H3/b13-9+,24-17?;. The zero-order valence-corrected chi connectivity index (χ0v) is 18.1. The molecule has 1 aliphatic carbocycles. The molecule has 2 aromatic rings. The molecule has 0 spiro atoms. The monoisotopic (exact) mass is 442 g/mol. The lowest BCUT2D eigenvalue weighted by atomic mass is 10.0. The van der Waals surface area contributed by atoms with Crippen molar-refractivity contribution in [1.29, 1.82) is 5.26 Å². The fourth-order valence-electron chi connectivity index (χ4n) is 3.23. The van der Waals surface area contributed by atoms with Crippen molar-refractivity contribution in [3.63, 3.8) is 0 Å². The highest BCUT2D eigenvalue weighted by Crippen LogP contribution is 2.33. The Bertz CT molecular complexity index is 1160. The predicted molar refractivity (Wildman–Crippen MR) is 121 cm³/mol. The van der Waals surface area contributed by atoms with Crippen molar-refractivity contribution in [1.82, 2.24) is 14.6 Å². The first-order chi connectivity index (χ1) is 14.5. The van der Waals surface area contributed by atoms with Crippen molar-refractivity contribution < 1.29 is 5.11 Å². The number of aromatic nitrogens is 3. The summed E-state index contributed by atoms with van der Waals surface area (Å²) in [6.45, 7) is 7.40. The van der Waals surface area contributed by atoms with E-state index in [0.29, 0.717) is 16.4 Å². The van der Waals surface area contributed by atoms with Crippen LogP contribution in [0.2, 0.25) is 5.15 Å². The number of aliphatic hydroxyl groups excluding tert-OH is 1. The molecule has 0 bridgehead atoms. The van der Waals surface area contributed by atoms with E-state index in [1.165, 1.54) is 6.20 Å². The number of allylic oxidation sites excluding steroid dienone is 5. The molecular weight excluding hydrogens is 423 g/mol. The summed E-state index contributed by atoms with van der Waals surface area (Å²) in [5.41, 5.74) is 4.03. The second-order valence-corrected chi connectivity index (χ2v) is 7.24. The van der Waals surface area contributed by atoms with Gasteiger partial charge in [0.2, 0.25) is 0 Å². The molecule has 0 atom stereocenters. The number of hydrogen-bond acceptors (Lipinski definition) is 6. The number of anilines is 1. The fourth-order valence-corrected chi connectivity index (χ4v) is 3.60. The Morgan fingerprint density at radius 3 is 2.63 bits per heavy atom. The summed E-state index contributed by atoms with van der Waals surface area (Å²) in [6.07, 6.45) is 10.1. The Kier molecular flexibility index (Phi) is 6.73. The number of nitriles is 1. The lowest BCUT2D eigenvalue weighted by Crippen LogP contribution is -2.39. The van der Waals surface area contributed by atoms with Gasteiger partial charge in [0.15, 0.2) is 10.8 Å². The number of hydrogen-bond donors (Lipinski definition) is 1. The molecule has 1 aliphatic heterocycles. The third kappa shape index (κ3) is 3.90. The predicted octanol–water partition coefficient (Wildman–Crippen LogP) is 4.04. The van der Waals surface area contributed by atoms with Crippen LogP contribution in [0.15, 0.2) is 46.6 Å². The summed E-state index contributed by atoms with van der Waals surface area (Å²) in [5.74, 6) is 0.872. The molecule has 2 aliphatic rings. The van der Waals surface area contributed by atoms with Crippen LogP contribution in [0, 0.1) is 18.3 Å². The first kappa shape index (κ1) is 21.8. The SMILES string of the molecule is C=CN=C1C=C(Cl)C=C/C1=C\c1c(C)nc2c(C#N)c(Cl)nn2c1N1CCC1.CO. The molecule has 0 radical (unpaired) electrons. The van der Waals surface area contributed by atoms with E-state index in [4.69, 9.17) is 28.3 Å². The van der Waals surface area contributed by atoms with Crippen LogP contribution in [0.25, 0.3) is 11.7 Å². The van der Waals surface area contributed by atoms with E-state index in [-0.39, 0.29) is 10.7 Å². The van der Waals surface area contributed by atoms with E-state index in [1.54, 1.807) is 10.6 Å². The van der Waals surface area contributed by atoms with Gasteiger partial charge in [-0.1, -0.05) is 35.9 Å². The average molecular weight is 443 g/mol. The summed E-state index contributed by atoms with van der Waals surface area (Å²) in [7, 11) is 1.00. The van der Waals surface area contributed by atoms with Crippen molar-refractivity contribution in [3.8, 4) is 6.07 Å². The molecule has 4 rings (SSSR count). The van der Waals surface area contributed by atoms with Gasteiger partial charge in [0.1, 0.15) is 17.5 Å². The van der Waals surface area contributed by atoms with E-state index < -0.39 is 0 Å². The molecule has 0 unspecified atom stereocenters. The fraction of sp³-hybridized carbons (Fsp3) is 0.238. The van der Waals surface area contributed by atoms with Gasteiger partial charge in [-0.25, -0.2) is 4.98 Å². The number of nitrogens with zero attached hydrogens (tertiary/aromatic N) is 6. The third-order valence-electron chi connectivity index (χ3n) is 4.71. The second kappa shape index (κ2) is 9.26. The van der Waals surface area contributed by atoms with Gasteiger partial charge in [0, 0.05) is 42.6 Å². The first-order valence-electron chi connectivity index (χ1n) is 9.18. The van der Waals surface area contributed by atoms with Crippen LogP contribution in [0.4, 0.5) is 5.82 Å². The Labute approximate surface area is 184 Å². The molecule has 3 heterocycles.